The van der Waals surface area contributed by atoms with Gasteiger partial charge in [-0.25, -0.2) is 0 Å². The van der Waals surface area contributed by atoms with E-state index < -0.39 is 0 Å². The molecule has 0 fully saturated rings. The Morgan fingerprint density at radius 2 is 1.45 bits per heavy atom. The standard InChI is InChI=1S/C32H24NS.C17H20N.Ir/c1-32(2,24-12-7-4-8-13-24)25-18-19-33-29(21-25)27-15-9-14-26-28-20-23(22-10-5-3-6-11-22)16-17-30(28)34-31(26)27;1-12(2)9-16-11-18-17(10-14(16)4)15-7-5-13(3)6-8-15;/h3-14,16-21H,1-2H3;5-7,10-12H,9H2,1-4H3;/q2*-1;. The first-order chi connectivity index (χ1) is 25.2. The molecule has 3 heterocycles. The molecule has 1 radical (unpaired) electrons. The first kappa shape index (κ1) is 38.0. The molecule has 0 aliphatic carbocycles. The molecule has 4 heteroatoms. The molecular formula is C49H44IrN2S-2. The molecule has 0 unspecified atom stereocenters. The molecule has 0 saturated carbocycles. The number of aromatic nitrogens is 2. The maximum Gasteiger partial charge on any atom is 0.0240 e. The van der Waals surface area contributed by atoms with Gasteiger partial charge in [-0.15, -0.1) is 59.2 Å². The predicted molar refractivity (Wildman–Crippen MR) is 222 cm³/mol. The zero-order valence-corrected chi connectivity index (χ0v) is 34.4. The second-order valence-corrected chi connectivity index (χ2v) is 15.6. The summed E-state index contributed by atoms with van der Waals surface area (Å²) in [7, 11) is 0. The fraction of sp³-hybridized carbons (Fsp3) is 0.184. The van der Waals surface area contributed by atoms with Gasteiger partial charge in [0.25, 0.3) is 0 Å². The minimum absolute atomic E-state index is 0. The molecule has 0 amide bonds. The van der Waals surface area contributed by atoms with Crippen molar-refractivity contribution in [2.45, 2.75) is 53.4 Å². The van der Waals surface area contributed by atoms with Crippen LogP contribution in [0.3, 0.4) is 0 Å². The third-order valence-corrected chi connectivity index (χ3v) is 11.1. The van der Waals surface area contributed by atoms with Crippen LogP contribution in [0.1, 0.15) is 55.5 Å². The number of nitrogens with zero attached hydrogens (tertiary/aromatic N) is 2. The van der Waals surface area contributed by atoms with Gasteiger partial charge in [0.05, 0.1) is 0 Å². The fourth-order valence-electron chi connectivity index (χ4n) is 6.77. The van der Waals surface area contributed by atoms with Crippen LogP contribution in [0, 0.1) is 31.9 Å². The molecule has 0 bridgehead atoms. The molecule has 3 aromatic heterocycles. The van der Waals surface area contributed by atoms with Crippen molar-refractivity contribution >= 4 is 31.5 Å². The van der Waals surface area contributed by atoms with E-state index in [2.05, 4.69) is 174 Å². The molecule has 2 nitrogen and oxygen atoms in total. The Morgan fingerprint density at radius 3 is 2.15 bits per heavy atom. The van der Waals surface area contributed by atoms with Gasteiger partial charge in [0.15, 0.2) is 0 Å². The van der Waals surface area contributed by atoms with E-state index in [-0.39, 0.29) is 25.5 Å². The average molecular weight is 885 g/mol. The van der Waals surface area contributed by atoms with Gasteiger partial charge in [0.1, 0.15) is 0 Å². The van der Waals surface area contributed by atoms with E-state index in [1.54, 1.807) is 0 Å². The fourth-order valence-corrected chi connectivity index (χ4v) is 7.96. The van der Waals surface area contributed by atoms with E-state index in [4.69, 9.17) is 4.98 Å². The molecule has 8 aromatic rings. The van der Waals surface area contributed by atoms with E-state index >= 15 is 0 Å². The van der Waals surface area contributed by atoms with Crippen LogP contribution in [-0.2, 0) is 31.9 Å². The quantitative estimate of drug-likeness (QED) is 0.149. The predicted octanol–water partition coefficient (Wildman–Crippen LogP) is 13.3. The third kappa shape index (κ3) is 8.42. The maximum absolute atomic E-state index is 4.78. The molecule has 0 spiro atoms. The second-order valence-electron chi connectivity index (χ2n) is 14.6. The SMILES string of the molecule is CC(C)(c1ccccc1)c1ccnc(-c2[c-]ccc3c2sc2ccc(-c4ccccc4)cc23)c1.Cc1c[c-]c(-c2cc(C)c(CC(C)C)cn2)cc1.[Ir]. The Morgan fingerprint density at radius 1 is 0.698 bits per heavy atom. The van der Waals surface area contributed by atoms with E-state index in [9.17, 15) is 0 Å². The number of benzene rings is 5. The first-order valence-electron chi connectivity index (χ1n) is 18.1. The Kier molecular flexibility index (Phi) is 11.8. The van der Waals surface area contributed by atoms with E-state index in [0.717, 1.165) is 28.9 Å². The van der Waals surface area contributed by atoms with Crippen molar-refractivity contribution in [3.8, 4) is 33.6 Å². The normalized spacial score (nSPS) is 11.3. The van der Waals surface area contributed by atoms with Crippen LogP contribution in [0.25, 0.3) is 53.8 Å². The van der Waals surface area contributed by atoms with Crippen molar-refractivity contribution in [2.24, 2.45) is 5.92 Å². The van der Waals surface area contributed by atoms with Crippen molar-refractivity contribution in [3.05, 3.63) is 180 Å². The van der Waals surface area contributed by atoms with E-state index in [1.165, 1.54) is 59.1 Å². The molecule has 5 aromatic carbocycles. The summed E-state index contributed by atoms with van der Waals surface area (Å²) in [5, 5.41) is 2.55. The summed E-state index contributed by atoms with van der Waals surface area (Å²) < 4.78 is 2.53. The number of rotatable bonds is 7. The Labute approximate surface area is 332 Å². The molecule has 53 heavy (non-hydrogen) atoms. The number of fused-ring (bicyclic) bond motifs is 3. The van der Waals surface area contributed by atoms with Crippen LogP contribution in [0.4, 0.5) is 0 Å². The largest absolute Gasteiger partial charge is 0.305 e. The summed E-state index contributed by atoms with van der Waals surface area (Å²) >= 11 is 1.83. The zero-order valence-electron chi connectivity index (χ0n) is 31.2. The zero-order chi connectivity index (χ0) is 36.2. The Hall–Kier alpha value is -4.73. The van der Waals surface area contributed by atoms with Crippen molar-refractivity contribution in [3.63, 3.8) is 0 Å². The molecular weight excluding hydrogens is 841 g/mol. The molecule has 8 rings (SSSR count). The van der Waals surface area contributed by atoms with Gasteiger partial charge in [-0.1, -0.05) is 124 Å². The molecule has 0 aliphatic heterocycles. The van der Waals surface area contributed by atoms with Crippen molar-refractivity contribution in [2.75, 3.05) is 0 Å². The summed E-state index contributed by atoms with van der Waals surface area (Å²) in [6.45, 7) is 13.3. The van der Waals surface area contributed by atoms with E-state index in [0.29, 0.717) is 5.92 Å². The van der Waals surface area contributed by atoms with Crippen LogP contribution in [0.5, 0.6) is 0 Å². The number of hydrogen-bond acceptors (Lipinski definition) is 3. The van der Waals surface area contributed by atoms with Gasteiger partial charge < -0.3 is 9.97 Å². The van der Waals surface area contributed by atoms with Crippen LogP contribution >= 0.6 is 11.3 Å². The monoisotopic (exact) mass is 885 g/mol. The minimum Gasteiger partial charge on any atom is -0.305 e. The number of aryl methyl sites for hydroxylation is 2. The molecule has 0 N–H and O–H groups in total. The van der Waals surface area contributed by atoms with Gasteiger partial charge in [0.2, 0.25) is 0 Å². The van der Waals surface area contributed by atoms with Crippen LogP contribution in [0.2, 0.25) is 0 Å². The van der Waals surface area contributed by atoms with Gasteiger partial charge in [0, 0.05) is 42.6 Å². The molecule has 267 valence electrons. The number of pyridine rings is 2. The Bertz CT molecular complexity index is 2450. The van der Waals surface area contributed by atoms with Gasteiger partial charge in [-0.05, 0) is 86.8 Å². The number of thiophene rings is 1. The van der Waals surface area contributed by atoms with Gasteiger partial charge in [-0.3, -0.25) is 0 Å². The Balaban J connectivity index is 0.000000215. The molecule has 0 saturated heterocycles. The van der Waals surface area contributed by atoms with Crippen molar-refractivity contribution < 1.29 is 20.1 Å². The smallest absolute Gasteiger partial charge is 0.0240 e. The van der Waals surface area contributed by atoms with Crippen molar-refractivity contribution in [1.29, 1.82) is 0 Å². The van der Waals surface area contributed by atoms with Crippen LogP contribution in [-0.4, -0.2) is 9.97 Å². The summed E-state index contributed by atoms with van der Waals surface area (Å²) in [5.74, 6) is 0.669. The summed E-state index contributed by atoms with van der Waals surface area (Å²) in [4.78, 5) is 9.34. The maximum atomic E-state index is 4.78. The van der Waals surface area contributed by atoms with Crippen LogP contribution < -0.4 is 0 Å². The first-order valence-corrected chi connectivity index (χ1v) is 18.9. The van der Waals surface area contributed by atoms with E-state index in [1.807, 2.05) is 35.9 Å². The summed E-state index contributed by atoms with van der Waals surface area (Å²) in [6, 6.07) is 51.8. The van der Waals surface area contributed by atoms with Crippen LogP contribution in [0.15, 0.2) is 140 Å². The van der Waals surface area contributed by atoms with Gasteiger partial charge >= 0.3 is 0 Å². The molecule has 0 aliphatic rings. The minimum atomic E-state index is -0.113. The summed E-state index contributed by atoms with van der Waals surface area (Å²) in [5.41, 5.74) is 12.9. The van der Waals surface area contributed by atoms with Gasteiger partial charge in [-0.2, -0.15) is 11.3 Å². The van der Waals surface area contributed by atoms with Crippen molar-refractivity contribution in [1.82, 2.24) is 9.97 Å². The molecule has 0 atom stereocenters. The number of hydrogen-bond donors (Lipinski definition) is 0. The second kappa shape index (κ2) is 16.5. The summed E-state index contributed by atoms with van der Waals surface area (Å²) in [6.07, 6.45) is 5.04. The third-order valence-electron chi connectivity index (χ3n) is 9.86. The average Bonchev–Trinajstić information content (AvgIpc) is 3.55. The topological polar surface area (TPSA) is 25.8 Å².